The molecule has 1 aliphatic rings. The van der Waals surface area contributed by atoms with Crippen LogP contribution < -0.4 is 5.56 Å². The van der Waals surface area contributed by atoms with Gasteiger partial charge in [0, 0.05) is 62.5 Å². The highest BCUT2D eigenvalue weighted by Gasteiger charge is 2.23. The molecule has 7 heteroatoms. The lowest BCUT2D eigenvalue weighted by Gasteiger charge is -2.27. The van der Waals surface area contributed by atoms with Gasteiger partial charge in [0.15, 0.2) is 0 Å². The first-order chi connectivity index (χ1) is 14.6. The van der Waals surface area contributed by atoms with Crippen LogP contribution in [0, 0.1) is 0 Å². The van der Waals surface area contributed by atoms with E-state index in [-0.39, 0.29) is 11.5 Å². The maximum atomic E-state index is 12.8. The first kappa shape index (κ1) is 18.4. The molecule has 0 radical (unpaired) electrons. The predicted molar refractivity (Wildman–Crippen MR) is 114 cm³/mol. The van der Waals surface area contributed by atoms with Crippen LogP contribution in [0.3, 0.4) is 0 Å². The molecule has 30 heavy (non-hydrogen) atoms. The molecule has 1 aliphatic heterocycles. The van der Waals surface area contributed by atoms with Crippen LogP contribution in [0.2, 0.25) is 0 Å². The van der Waals surface area contributed by atoms with Gasteiger partial charge in [0.25, 0.3) is 5.56 Å². The highest BCUT2D eigenvalue weighted by Crippen LogP contribution is 2.25. The molecular formula is C23H21N5O2. The number of para-hydroxylation sites is 1. The van der Waals surface area contributed by atoms with Crippen molar-refractivity contribution < 1.29 is 4.79 Å². The summed E-state index contributed by atoms with van der Waals surface area (Å²) in [4.78, 5) is 38.7. The third-order valence-corrected chi connectivity index (χ3v) is 5.63. The minimum absolute atomic E-state index is 0.00859. The number of rotatable bonds is 3. The maximum absolute atomic E-state index is 12.8. The molecule has 0 aliphatic carbocycles. The van der Waals surface area contributed by atoms with Gasteiger partial charge in [-0.2, -0.15) is 0 Å². The van der Waals surface area contributed by atoms with Crippen LogP contribution in [0.5, 0.6) is 0 Å². The molecule has 4 heterocycles. The number of hydrogen-bond acceptors (Lipinski definition) is 5. The van der Waals surface area contributed by atoms with Gasteiger partial charge < -0.3 is 4.98 Å². The van der Waals surface area contributed by atoms with Crippen molar-refractivity contribution in [1.29, 1.82) is 0 Å². The molecule has 0 amide bonds. The maximum Gasteiger partial charge on any atom is 0.255 e. The van der Waals surface area contributed by atoms with Gasteiger partial charge in [-0.3, -0.25) is 24.0 Å². The molecule has 0 spiro atoms. The molecule has 7 nitrogen and oxygen atoms in total. The van der Waals surface area contributed by atoms with E-state index in [0.29, 0.717) is 25.3 Å². The van der Waals surface area contributed by atoms with Gasteiger partial charge in [0.2, 0.25) is 5.91 Å². The van der Waals surface area contributed by atoms with E-state index in [1.54, 1.807) is 23.9 Å². The molecule has 0 bridgehead atoms. The van der Waals surface area contributed by atoms with E-state index in [4.69, 9.17) is 4.98 Å². The fourth-order valence-electron chi connectivity index (χ4n) is 4.14. The summed E-state index contributed by atoms with van der Waals surface area (Å²) in [6, 6.07) is 11.6. The summed E-state index contributed by atoms with van der Waals surface area (Å²) in [5.41, 5.74) is 4.33. The second-order valence-corrected chi connectivity index (χ2v) is 7.60. The van der Waals surface area contributed by atoms with Gasteiger partial charge in [-0.25, -0.2) is 4.98 Å². The average molecular weight is 399 g/mol. The number of aromatic amines is 1. The average Bonchev–Trinajstić information content (AvgIpc) is 3.13. The van der Waals surface area contributed by atoms with E-state index >= 15 is 0 Å². The van der Waals surface area contributed by atoms with E-state index in [1.165, 1.54) is 0 Å². The monoisotopic (exact) mass is 399 g/mol. The van der Waals surface area contributed by atoms with Crippen LogP contribution in [0.4, 0.5) is 0 Å². The van der Waals surface area contributed by atoms with Gasteiger partial charge in [0.05, 0.1) is 16.8 Å². The smallest absolute Gasteiger partial charge is 0.255 e. The third kappa shape index (κ3) is 3.23. The molecule has 0 fully saturated rings. The Kier molecular flexibility index (Phi) is 4.52. The summed E-state index contributed by atoms with van der Waals surface area (Å²) in [6.07, 6.45) is 6.00. The van der Waals surface area contributed by atoms with Crippen molar-refractivity contribution in [2.24, 2.45) is 0 Å². The van der Waals surface area contributed by atoms with Crippen LogP contribution in [0.25, 0.3) is 22.3 Å². The first-order valence-electron chi connectivity index (χ1n) is 9.95. The van der Waals surface area contributed by atoms with E-state index in [0.717, 1.165) is 39.8 Å². The van der Waals surface area contributed by atoms with Crippen LogP contribution in [-0.2, 0) is 19.5 Å². The predicted octanol–water partition coefficient (Wildman–Crippen LogP) is 3.01. The molecule has 0 saturated carbocycles. The minimum Gasteiger partial charge on any atom is -0.306 e. The van der Waals surface area contributed by atoms with Crippen molar-refractivity contribution in [3.8, 4) is 11.4 Å². The molecule has 5 rings (SSSR count). The van der Waals surface area contributed by atoms with Crippen LogP contribution in [0.1, 0.15) is 28.5 Å². The largest absolute Gasteiger partial charge is 0.306 e. The molecule has 0 unspecified atom stereocenters. The number of pyridine rings is 1. The summed E-state index contributed by atoms with van der Waals surface area (Å²) in [7, 11) is 0. The minimum atomic E-state index is -0.0947. The number of carbonyl (C=O) groups excluding carboxylic acids is 1. The molecule has 4 aromatic rings. The number of carbonyl (C=O) groups is 1. The first-order valence-corrected chi connectivity index (χ1v) is 9.95. The standard InChI is InChI=1S/C23H21N5O2/c1-15(29)28-13-17(18-4-2-3-5-21(18)28)12-27-11-8-20-19(14-27)23(30)26-22(25-20)16-6-9-24-10-7-16/h2-7,9-10,13H,8,11-12,14H2,1H3,(H,25,26,30). The highest BCUT2D eigenvalue weighted by atomic mass is 16.1. The Bertz CT molecular complexity index is 1310. The fraction of sp³-hybridized carbons (Fsp3) is 0.217. The summed E-state index contributed by atoms with van der Waals surface area (Å²) in [5.74, 6) is 0.574. The fourth-order valence-corrected chi connectivity index (χ4v) is 4.14. The zero-order valence-corrected chi connectivity index (χ0v) is 16.6. The summed E-state index contributed by atoms with van der Waals surface area (Å²) in [5, 5.41) is 1.07. The number of aromatic nitrogens is 4. The Morgan fingerprint density at radius 3 is 2.77 bits per heavy atom. The van der Waals surface area contributed by atoms with Gasteiger partial charge in [-0.15, -0.1) is 0 Å². The Morgan fingerprint density at radius 1 is 1.17 bits per heavy atom. The van der Waals surface area contributed by atoms with Crippen LogP contribution >= 0.6 is 0 Å². The van der Waals surface area contributed by atoms with Crippen molar-refractivity contribution in [3.05, 3.63) is 82.2 Å². The zero-order chi connectivity index (χ0) is 20.7. The number of H-pyrrole nitrogens is 1. The van der Waals surface area contributed by atoms with Crippen LogP contribution in [-0.4, -0.2) is 36.9 Å². The summed E-state index contributed by atoms with van der Waals surface area (Å²) < 4.78 is 1.69. The number of hydrogen-bond donors (Lipinski definition) is 1. The molecule has 0 saturated heterocycles. The van der Waals surface area contributed by atoms with Crippen molar-refractivity contribution in [2.75, 3.05) is 6.54 Å². The molecule has 0 atom stereocenters. The normalized spacial score (nSPS) is 14.0. The Labute approximate surface area is 173 Å². The second kappa shape index (κ2) is 7.35. The topological polar surface area (TPSA) is 83.9 Å². The van der Waals surface area contributed by atoms with E-state index in [2.05, 4.69) is 14.9 Å². The second-order valence-electron chi connectivity index (χ2n) is 7.60. The van der Waals surface area contributed by atoms with Gasteiger partial charge in [0.1, 0.15) is 5.82 Å². The lowest BCUT2D eigenvalue weighted by molar-refractivity contribution is 0.0941. The lowest BCUT2D eigenvalue weighted by Crippen LogP contribution is -2.35. The van der Waals surface area contributed by atoms with Crippen LogP contribution in [0.15, 0.2) is 59.8 Å². The number of benzene rings is 1. The Morgan fingerprint density at radius 2 is 1.97 bits per heavy atom. The summed E-state index contributed by atoms with van der Waals surface area (Å²) in [6.45, 7) is 3.58. The van der Waals surface area contributed by atoms with Gasteiger partial charge >= 0.3 is 0 Å². The molecule has 1 N–H and O–H groups in total. The Balaban J connectivity index is 1.44. The molecule has 3 aromatic heterocycles. The number of fused-ring (bicyclic) bond motifs is 2. The molecular weight excluding hydrogens is 378 g/mol. The quantitative estimate of drug-likeness (QED) is 0.573. The van der Waals surface area contributed by atoms with Crippen molar-refractivity contribution in [1.82, 2.24) is 24.4 Å². The molecule has 150 valence electrons. The summed E-state index contributed by atoms with van der Waals surface area (Å²) >= 11 is 0. The van der Waals surface area contributed by atoms with Crippen molar-refractivity contribution >= 4 is 16.8 Å². The zero-order valence-electron chi connectivity index (χ0n) is 16.6. The number of nitrogens with one attached hydrogen (secondary N) is 1. The lowest BCUT2D eigenvalue weighted by atomic mass is 10.1. The molecule has 1 aromatic carbocycles. The van der Waals surface area contributed by atoms with E-state index in [9.17, 15) is 9.59 Å². The highest BCUT2D eigenvalue weighted by molar-refractivity contribution is 5.93. The van der Waals surface area contributed by atoms with Gasteiger partial charge in [-0.1, -0.05) is 18.2 Å². The van der Waals surface area contributed by atoms with Crippen molar-refractivity contribution in [3.63, 3.8) is 0 Å². The van der Waals surface area contributed by atoms with E-state index in [1.807, 2.05) is 42.6 Å². The number of nitrogens with zero attached hydrogens (tertiary/aromatic N) is 4. The van der Waals surface area contributed by atoms with E-state index < -0.39 is 0 Å². The van der Waals surface area contributed by atoms with Crippen molar-refractivity contribution in [2.45, 2.75) is 26.4 Å². The van der Waals surface area contributed by atoms with Gasteiger partial charge in [-0.05, 0) is 23.8 Å². The third-order valence-electron chi connectivity index (χ3n) is 5.63. The SMILES string of the molecule is CC(=O)n1cc(CN2CCc3nc(-c4ccncc4)[nH]c(=O)c3C2)c2ccccc21. The Hall–Kier alpha value is -3.58.